The summed E-state index contributed by atoms with van der Waals surface area (Å²) in [6.45, 7) is 3.53. The third kappa shape index (κ3) is 5.40. The highest BCUT2D eigenvalue weighted by molar-refractivity contribution is 5.99. The quantitative estimate of drug-likeness (QED) is 0.485. The van der Waals surface area contributed by atoms with Crippen molar-refractivity contribution in [2.75, 3.05) is 59.1 Å². The predicted molar refractivity (Wildman–Crippen MR) is 141 cm³/mol. The van der Waals surface area contributed by atoms with Crippen LogP contribution < -0.4 is 14.4 Å². The van der Waals surface area contributed by atoms with E-state index >= 15 is 0 Å². The summed E-state index contributed by atoms with van der Waals surface area (Å²) in [6, 6.07) is 17.8. The van der Waals surface area contributed by atoms with Gasteiger partial charge in [0, 0.05) is 32.2 Å². The molecule has 5 rings (SSSR count). The highest BCUT2D eigenvalue weighted by Gasteiger charge is 2.27. The van der Waals surface area contributed by atoms with E-state index in [0.717, 1.165) is 18.5 Å². The molecule has 0 spiro atoms. The lowest BCUT2D eigenvalue weighted by Crippen LogP contribution is -2.41. The van der Waals surface area contributed by atoms with Crippen molar-refractivity contribution in [3.63, 3.8) is 0 Å². The standard InChI is InChI=1S/C29H33N3O5/c1-31(18-23-19-36-14-15-37-23)29(33)24-9-10-26(25-16-22(34-2)8-11-27(25)35-3)30-28(24)32-13-12-20-6-4-5-7-21(20)17-32/h4-11,16,23H,12-15,17-19H2,1-3H3. The highest BCUT2D eigenvalue weighted by Crippen LogP contribution is 2.35. The lowest BCUT2D eigenvalue weighted by Gasteiger charge is -2.32. The molecule has 0 N–H and O–H groups in total. The molecule has 8 nitrogen and oxygen atoms in total. The molecule has 194 valence electrons. The van der Waals surface area contributed by atoms with Gasteiger partial charge < -0.3 is 28.7 Å². The number of hydrogen-bond acceptors (Lipinski definition) is 7. The molecule has 1 atom stereocenters. The highest BCUT2D eigenvalue weighted by atomic mass is 16.6. The number of hydrogen-bond donors (Lipinski definition) is 0. The average molecular weight is 504 g/mol. The predicted octanol–water partition coefficient (Wildman–Crippen LogP) is 3.82. The molecule has 3 heterocycles. The SMILES string of the molecule is COc1ccc(OC)c(-c2ccc(C(=O)N(C)CC3COCCO3)c(N3CCc4ccccc4C3)n2)c1. The van der Waals surface area contributed by atoms with Crippen LogP contribution in [-0.2, 0) is 22.4 Å². The molecule has 2 aromatic carbocycles. The molecule has 37 heavy (non-hydrogen) atoms. The molecular formula is C29H33N3O5. The zero-order valence-corrected chi connectivity index (χ0v) is 21.6. The van der Waals surface area contributed by atoms with E-state index in [1.165, 1.54) is 11.1 Å². The Hall–Kier alpha value is -3.62. The van der Waals surface area contributed by atoms with Gasteiger partial charge in [0.2, 0.25) is 0 Å². The number of benzene rings is 2. The molecule has 0 aliphatic carbocycles. The molecule has 0 radical (unpaired) electrons. The van der Waals surface area contributed by atoms with E-state index in [1.54, 1.807) is 26.2 Å². The van der Waals surface area contributed by atoms with Crippen LogP contribution >= 0.6 is 0 Å². The van der Waals surface area contributed by atoms with Gasteiger partial charge in [-0.3, -0.25) is 4.79 Å². The number of methoxy groups -OCH3 is 2. The summed E-state index contributed by atoms with van der Waals surface area (Å²) in [5.74, 6) is 1.96. The summed E-state index contributed by atoms with van der Waals surface area (Å²) in [5, 5.41) is 0. The van der Waals surface area contributed by atoms with Gasteiger partial charge in [-0.25, -0.2) is 4.98 Å². The van der Waals surface area contributed by atoms with Crippen LogP contribution in [0.5, 0.6) is 11.5 Å². The Morgan fingerprint density at radius 3 is 2.68 bits per heavy atom. The van der Waals surface area contributed by atoms with Gasteiger partial charge >= 0.3 is 0 Å². The van der Waals surface area contributed by atoms with Crippen LogP contribution in [0.1, 0.15) is 21.5 Å². The number of anilines is 1. The number of ether oxygens (including phenoxy) is 4. The van der Waals surface area contributed by atoms with Crippen LogP contribution in [0.2, 0.25) is 0 Å². The fourth-order valence-electron chi connectivity index (χ4n) is 4.93. The Labute approximate surface area is 217 Å². The summed E-state index contributed by atoms with van der Waals surface area (Å²) >= 11 is 0. The summed E-state index contributed by atoms with van der Waals surface area (Å²) in [5.41, 5.74) is 4.67. The fourth-order valence-corrected chi connectivity index (χ4v) is 4.93. The number of nitrogens with zero attached hydrogens (tertiary/aromatic N) is 3. The molecular weight excluding hydrogens is 470 g/mol. The average Bonchev–Trinajstić information content (AvgIpc) is 2.96. The largest absolute Gasteiger partial charge is 0.497 e. The van der Waals surface area contributed by atoms with Crippen molar-refractivity contribution in [2.24, 2.45) is 0 Å². The van der Waals surface area contributed by atoms with Crippen LogP contribution in [-0.4, -0.2) is 76.1 Å². The van der Waals surface area contributed by atoms with Crippen LogP contribution in [0.15, 0.2) is 54.6 Å². The number of fused-ring (bicyclic) bond motifs is 1. The molecule has 1 aromatic heterocycles. The maximum absolute atomic E-state index is 13.7. The van der Waals surface area contributed by atoms with E-state index < -0.39 is 0 Å². The Kier molecular flexibility index (Phi) is 7.58. The first-order valence-corrected chi connectivity index (χ1v) is 12.6. The van der Waals surface area contributed by atoms with E-state index in [1.807, 2.05) is 30.3 Å². The van der Waals surface area contributed by atoms with E-state index in [-0.39, 0.29) is 12.0 Å². The minimum atomic E-state index is -0.138. The first kappa shape index (κ1) is 25.0. The zero-order chi connectivity index (χ0) is 25.8. The second kappa shape index (κ2) is 11.2. The molecule has 8 heteroatoms. The topological polar surface area (TPSA) is 73.4 Å². The van der Waals surface area contributed by atoms with Gasteiger partial charge in [-0.15, -0.1) is 0 Å². The van der Waals surface area contributed by atoms with Crippen molar-refractivity contribution >= 4 is 11.7 Å². The van der Waals surface area contributed by atoms with E-state index in [4.69, 9.17) is 23.9 Å². The zero-order valence-electron chi connectivity index (χ0n) is 21.6. The van der Waals surface area contributed by atoms with E-state index in [2.05, 4.69) is 29.2 Å². The van der Waals surface area contributed by atoms with E-state index in [9.17, 15) is 4.79 Å². The monoisotopic (exact) mass is 503 g/mol. The van der Waals surface area contributed by atoms with Crippen molar-refractivity contribution in [3.8, 4) is 22.8 Å². The molecule has 1 fully saturated rings. The lowest BCUT2D eigenvalue weighted by atomic mass is 9.99. The Balaban J connectivity index is 1.52. The van der Waals surface area contributed by atoms with Gasteiger partial charge in [0.05, 0.1) is 51.4 Å². The van der Waals surface area contributed by atoms with Crippen molar-refractivity contribution in [3.05, 3.63) is 71.3 Å². The molecule has 3 aromatic rings. The molecule has 0 saturated carbocycles. The summed E-state index contributed by atoms with van der Waals surface area (Å²) < 4.78 is 22.4. The number of aromatic nitrogens is 1. The summed E-state index contributed by atoms with van der Waals surface area (Å²) in [4.78, 5) is 22.7. The molecule has 1 unspecified atom stereocenters. The molecule has 0 bridgehead atoms. The van der Waals surface area contributed by atoms with Crippen molar-refractivity contribution in [1.82, 2.24) is 9.88 Å². The number of rotatable bonds is 7. The number of carbonyl (C=O) groups excluding carboxylic acids is 1. The minimum absolute atomic E-state index is 0.0975. The fraction of sp³-hybridized carbons (Fsp3) is 0.379. The summed E-state index contributed by atoms with van der Waals surface area (Å²) in [6.07, 6.45) is 0.752. The molecule has 2 aliphatic heterocycles. The van der Waals surface area contributed by atoms with E-state index in [0.29, 0.717) is 61.5 Å². The van der Waals surface area contributed by atoms with Crippen LogP contribution in [0.25, 0.3) is 11.3 Å². The smallest absolute Gasteiger partial charge is 0.257 e. The Bertz CT molecular complexity index is 1260. The van der Waals surface area contributed by atoms with Crippen LogP contribution in [0, 0.1) is 0 Å². The number of amides is 1. The van der Waals surface area contributed by atoms with Gasteiger partial charge in [0.1, 0.15) is 17.3 Å². The van der Waals surface area contributed by atoms with Crippen LogP contribution in [0.3, 0.4) is 0 Å². The number of carbonyl (C=O) groups is 1. The second-order valence-corrected chi connectivity index (χ2v) is 9.33. The second-order valence-electron chi connectivity index (χ2n) is 9.33. The molecule has 1 amide bonds. The lowest BCUT2D eigenvalue weighted by molar-refractivity contribution is -0.0933. The third-order valence-corrected chi connectivity index (χ3v) is 6.93. The number of pyridine rings is 1. The van der Waals surface area contributed by atoms with Gasteiger partial charge in [0.25, 0.3) is 5.91 Å². The van der Waals surface area contributed by atoms with Gasteiger partial charge in [0.15, 0.2) is 0 Å². The van der Waals surface area contributed by atoms with Gasteiger partial charge in [-0.1, -0.05) is 24.3 Å². The van der Waals surface area contributed by atoms with Crippen molar-refractivity contribution < 1.29 is 23.7 Å². The third-order valence-electron chi connectivity index (χ3n) is 6.93. The number of likely N-dealkylation sites (N-methyl/N-ethyl adjacent to an activating group) is 1. The van der Waals surface area contributed by atoms with Crippen molar-refractivity contribution in [2.45, 2.75) is 19.1 Å². The Morgan fingerprint density at radius 1 is 1.08 bits per heavy atom. The maximum atomic E-state index is 13.7. The first-order chi connectivity index (χ1) is 18.1. The van der Waals surface area contributed by atoms with Crippen LogP contribution in [0.4, 0.5) is 5.82 Å². The molecule has 1 saturated heterocycles. The minimum Gasteiger partial charge on any atom is -0.497 e. The normalized spacial score (nSPS) is 17.2. The first-order valence-electron chi connectivity index (χ1n) is 12.6. The van der Waals surface area contributed by atoms with Gasteiger partial charge in [-0.05, 0) is 47.9 Å². The molecule has 2 aliphatic rings. The maximum Gasteiger partial charge on any atom is 0.257 e. The van der Waals surface area contributed by atoms with Crippen molar-refractivity contribution in [1.29, 1.82) is 0 Å². The summed E-state index contributed by atoms with van der Waals surface area (Å²) in [7, 11) is 5.07. The van der Waals surface area contributed by atoms with Gasteiger partial charge in [-0.2, -0.15) is 0 Å². The Morgan fingerprint density at radius 2 is 1.92 bits per heavy atom.